The van der Waals surface area contributed by atoms with Crippen LogP contribution in [-0.4, -0.2) is 58.9 Å². The molecule has 2 aliphatic rings. The van der Waals surface area contributed by atoms with Crippen LogP contribution in [0.5, 0.6) is 0 Å². The summed E-state index contributed by atoms with van der Waals surface area (Å²) in [6.45, 7) is 21.1. The summed E-state index contributed by atoms with van der Waals surface area (Å²) in [4.78, 5) is 4.81. The van der Waals surface area contributed by atoms with Crippen molar-refractivity contribution in [2.45, 2.75) is 93.3 Å². The van der Waals surface area contributed by atoms with Crippen LogP contribution in [-0.2, 0) is 0 Å². The first-order chi connectivity index (χ1) is 22.1. The molecule has 2 fully saturated rings. The molecular formula is C42H62BIN2O. The molecule has 3 nitrogen and oxygen atoms in total. The van der Waals surface area contributed by atoms with E-state index >= 15 is 0 Å². The summed E-state index contributed by atoms with van der Waals surface area (Å²) in [5, 5.41) is 15.2. The van der Waals surface area contributed by atoms with Crippen LogP contribution >= 0.6 is 22.6 Å². The van der Waals surface area contributed by atoms with Gasteiger partial charge in [-0.3, -0.25) is 0 Å². The quantitative estimate of drug-likeness (QED) is 0.121. The molecule has 4 unspecified atom stereocenters. The third-order valence-electron chi connectivity index (χ3n) is 10.5. The van der Waals surface area contributed by atoms with Gasteiger partial charge in [-0.05, 0) is 133 Å². The number of halogens is 1. The number of piperidine rings is 2. The summed E-state index contributed by atoms with van der Waals surface area (Å²) in [7, 11) is -0.324. The van der Waals surface area contributed by atoms with E-state index in [1.165, 1.54) is 93.5 Å². The van der Waals surface area contributed by atoms with E-state index in [4.69, 9.17) is 0 Å². The maximum Gasteiger partial charge on any atom is 0.376 e. The van der Waals surface area contributed by atoms with Gasteiger partial charge in [0.05, 0.1) is 0 Å². The van der Waals surface area contributed by atoms with Crippen molar-refractivity contribution in [3.05, 3.63) is 95.1 Å². The molecule has 2 heterocycles. The molecule has 2 aliphatic heterocycles. The van der Waals surface area contributed by atoms with E-state index in [1.807, 2.05) is 6.82 Å². The van der Waals surface area contributed by atoms with Gasteiger partial charge in [-0.2, -0.15) is 0 Å². The van der Waals surface area contributed by atoms with Crippen molar-refractivity contribution in [1.29, 1.82) is 0 Å². The second-order valence-electron chi connectivity index (χ2n) is 13.9. The maximum atomic E-state index is 9.84. The third-order valence-corrected chi connectivity index (χ3v) is 10.5. The molecule has 1 N–H and O–H groups in total. The molecule has 0 saturated carbocycles. The first-order valence-corrected chi connectivity index (χ1v) is 19.4. The number of fused-ring (bicyclic) bond motifs is 2. The minimum Gasteiger partial charge on any atom is -0.437 e. The Balaban J connectivity index is 0.000000232. The Bertz CT molecular complexity index is 1520. The van der Waals surface area contributed by atoms with Crippen LogP contribution in [0.2, 0.25) is 6.82 Å². The highest BCUT2D eigenvalue weighted by molar-refractivity contribution is 14.1. The number of rotatable bonds is 6. The highest BCUT2D eigenvalue weighted by atomic mass is 127. The van der Waals surface area contributed by atoms with Crippen molar-refractivity contribution >= 4 is 51.2 Å². The van der Waals surface area contributed by atoms with E-state index in [-0.39, 0.29) is 14.5 Å². The standard InChI is InChI=1S/C20H27N.C19H26BNO.C2H5I.CH4/c1-4-21-11-5-6-20(14-21)16(3)17-9-10-18-12-15(2)7-8-19(18)13-17;1-14-6-7-18-12-16(8-9-17(18)11-14)15(2)19-5-4-10-21(13-19)20(3)22;1-2-3;/h7-10,12-13,16,20H,4-6,11,14H2,1-3H3;6-9,11-12,15,19,22H,4-5,10,13H2,1-3H3;2H2,1H3;1H4. The van der Waals surface area contributed by atoms with Gasteiger partial charge in [0.2, 0.25) is 0 Å². The second-order valence-corrected chi connectivity index (χ2v) is 15.4. The van der Waals surface area contributed by atoms with Crippen LogP contribution in [0.3, 0.4) is 0 Å². The molecule has 256 valence electrons. The van der Waals surface area contributed by atoms with Crippen LogP contribution < -0.4 is 0 Å². The molecule has 0 spiro atoms. The fourth-order valence-electron chi connectivity index (χ4n) is 7.45. The smallest absolute Gasteiger partial charge is 0.376 e. The van der Waals surface area contributed by atoms with Gasteiger partial charge in [0.15, 0.2) is 0 Å². The number of likely N-dealkylation sites (tertiary alicyclic amines) is 1. The number of benzene rings is 4. The molecule has 4 aromatic rings. The zero-order valence-corrected chi connectivity index (χ0v) is 31.8. The van der Waals surface area contributed by atoms with Gasteiger partial charge in [-0.25, -0.2) is 0 Å². The molecule has 0 radical (unpaired) electrons. The fourth-order valence-corrected chi connectivity index (χ4v) is 7.45. The first kappa shape index (κ1) is 39.5. The Hall–Kier alpha value is -1.93. The molecule has 4 atom stereocenters. The number of nitrogens with zero attached hydrogens (tertiary/aromatic N) is 2. The Morgan fingerprint density at radius 2 is 1.15 bits per heavy atom. The second kappa shape index (κ2) is 19.3. The predicted octanol–water partition coefficient (Wildman–Crippen LogP) is 11.1. The van der Waals surface area contributed by atoms with Crippen LogP contribution in [0, 0.1) is 25.7 Å². The average molecular weight is 749 g/mol. The lowest BCUT2D eigenvalue weighted by atomic mass is 9.76. The van der Waals surface area contributed by atoms with Crippen LogP contribution in [0.1, 0.15) is 94.9 Å². The third kappa shape index (κ3) is 11.0. The summed E-state index contributed by atoms with van der Waals surface area (Å²) in [6.07, 6.45) is 5.18. The Morgan fingerprint density at radius 3 is 1.62 bits per heavy atom. The predicted molar refractivity (Wildman–Crippen MR) is 218 cm³/mol. The molecule has 2 saturated heterocycles. The Labute approximate surface area is 301 Å². The number of alkyl halides is 1. The first-order valence-electron chi connectivity index (χ1n) is 17.8. The zero-order chi connectivity index (χ0) is 33.2. The summed E-state index contributed by atoms with van der Waals surface area (Å²) in [6, 6.07) is 27.4. The van der Waals surface area contributed by atoms with E-state index < -0.39 is 0 Å². The summed E-state index contributed by atoms with van der Waals surface area (Å²) in [5.74, 6) is 2.63. The highest BCUT2D eigenvalue weighted by Gasteiger charge is 2.29. The lowest BCUT2D eigenvalue weighted by molar-refractivity contribution is 0.167. The fraction of sp³-hybridized carbons (Fsp3) is 0.524. The van der Waals surface area contributed by atoms with Crippen LogP contribution in [0.4, 0.5) is 0 Å². The van der Waals surface area contributed by atoms with Crippen molar-refractivity contribution in [2.24, 2.45) is 11.8 Å². The van der Waals surface area contributed by atoms with Gasteiger partial charge in [-0.1, -0.05) is 142 Å². The summed E-state index contributed by atoms with van der Waals surface area (Å²) < 4.78 is 1.22. The van der Waals surface area contributed by atoms with Crippen molar-refractivity contribution < 1.29 is 5.02 Å². The molecular weight excluding hydrogens is 686 g/mol. The monoisotopic (exact) mass is 748 g/mol. The van der Waals surface area contributed by atoms with Crippen molar-refractivity contribution in [3.63, 3.8) is 0 Å². The van der Waals surface area contributed by atoms with E-state index in [9.17, 15) is 5.02 Å². The molecule has 0 aliphatic carbocycles. The van der Waals surface area contributed by atoms with Gasteiger partial charge in [0.25, 0.3) is 0 Å². The lowest BCUT2D eigenvalue weighted by Crippen LogP contribution is -2.45. The maximum absolute atomic E-state index is 9.84. The molecule has 6 rings (SSSR count). The lowest BCUT2D eigenvalue weighted by Gasteiger charge is -2.36. The number of hydrogen-bond acceptors (Lipinski definition) is 3. The minimum absolute atomic E-state index is 0. The van der Waals surface area contributed by atoms with Gasteiger partial charge >= 0.3 is 7.05 Å². The number of hydrogen-bond donors (Lipinski definition) is 1. The molecule has 47 heavy (non-hydrogen) atoms. The summed E-state index contributed by atoms with van der Waals surface area (Å²) >= 11 is 2.29. The van der Waals surface area contributed by atoms with Crippen LogP contribution in [0.25, 0.3) is 21.5 Å². The van der Waals surface area contributed by atoms with E-state index in [0.29, 0.717) is 17.8 Å². The average Bonchev–Trinajstić information content (AvgIpc) is 3.07. The van der Waals surface area contributed by atoms with E-state index in [1.54, 1.807) is 0 Å². The van der Waals surface area contributed by atoms with E-state index in [2.05, 4.69) is 147 Å². The number of aryl methyl sites for hydroxylation is 2. The largest absolute Gasteiger partial charge is 0.437 e. The normalized spacial score (nSPS) is 19.9. The van der Waals surface area contributed by atoms with E-state index in [0.717, 1.165) is 19.0 Å². The SMILES string of the molecule is C.CB(O)N1CCCC(C(C)c2ccc3cc(C)ccc3c2)C1.CCI.CCN1CCCC(C(C)c2ccc3cc(C)ccc3c2)C1. The van der Waals surface area contributed by atoms with Crippen molar-refractivity contribution in [2.75, 3.05) is 37.2 Å². The molecule has 4 aromatic carbocycles. The zero-order valence-electron chi connectivity index (χ0n) is 29.6. The minimum atomic E-state index is -0.324. The topological polar surface area (TPSA) is 26.7 Å². The Morgan fingerprint density at radius 1 is 0.723 bits per heavy atom. The van der Waals surface area contributed by atoms with Gasteiger partial charge in [0.1, 0.15) is 0 Å². The van der Waals surface area contributed by atoms with Crippen LogP contribution in [0.15, 0.2) is 72.8 Å². The van der Waals surface area contributed by atoms with Gasteiger partial charge in [0, 0.05) is 6.54 Å². The molecule has 0 bridgehead atoms. The van der Waals surface area contributed by atoms with Crippen molar-refractivity contribution in [1.82, 2.24) is 9.71 Å². The molecule has 5 heteroatoms. The van der Waals surface area contributed by atoms with Gasteiger partial charge < -0.3 is 14.7 Å². The van der Waals surface area contributed by atoms with Gasteiger partial charge in [-0.15, -0.1) is 0 Å². The molecule has 0 aromatic heterocycles. The summed E-state index contributed by atoms with van der Waals surface area (Å²) in [5.41, 5.74) is 5.59. The molecule has 0 amide bonds. The highest BCUT2D eigenvalue weighted by Crippen LogP contribution is 2.34. The Kier molecular flexibility index (Phi) is 16.2. The van der Waals surface area contributed by atoms with Crippen molar-refractivity contribution in [3.8, 4) is 0 Å².